The molecule has 2 amide bonds. The van der Waals surface area contributed by atoms with Crippen LogP contribution in [0.1, 0.15) is 59.2 Å². The second-order valence-corrected chi connectivity index (χ2v) is 6.71. The molecule has 1 aromatic rings. The van der Waals surface area contributed by atoms with Crippen LogP contribution in [0.15, 0.2) is 24.3 Å². The summed E-state index contributed by atoms with van der Waals surface area (Å²) in [4.78, 5) is 28.5. The first-order chi connectivity index (χ1) is 11.7. The molecule has 0 saturated carbocycles. The molecule has 2 heterocycles. The van der Waals surface area contributed by atoms with E-state index in [1.807, 2.05) is 0 Å². The molecule has 130 valence electrons. The molecule has 0 bridgehead atoms. The lowest BCUT2D eigenvalue weighted by molar-refractivity contribution is 0.0650. The van der Waals surface area contributed by atoms with Crippen molar-refractivity contribution in [3.63, 3.8) is 0 Å². The standard InChI is InChI=1S/C19H26N2O3/c22-14-6-8-15-7-5-12-20(15)11-3-4-13-21-18(23)16-9-1-2-10-17(16)19(21)24/h1-2,9-10,15,22H,3-8,11-14H2. The Kier molecular flexibility index (Phi) is 5.63. The molecule has 24 heavy (non-hydrogen) atoms. The van der Waals surface area contributed by atoms with E-state index < -0.39 is 0 Å². The quantitative estimate of drug-likeness (QED) is 0.587. The molecule has 0 spiro atoms. The lowest BCUT2D eigenvalue weighted by Gasteiger charge is -2.24. The number of hydrogen-bond donors (Lipinski definition) is 1. The van der Waals surface area contributed by atoms with Crippen LogP contribution in [0.2, 0.25) is 0 Å². The summed E-state index contributed by atoms with van der Waals surface area (Å²) in [5.41, 5.74) is 1.07. The van der Waals surface area contributed by atoms with Gasteiger partial charge in [-0.1, -0.05) is 12.1 Å². The zero-order valence-corrected chi connectivity index (χ0v) is 14.1. The van der Waals surface area contributed by atoms with Crippen LogP contribution in [0, 0.1) is 0 Å². The summed E-state index contributed by atoms with van der Waals surface area (Å²) in [7, 11) is 0. The monoisotopic (exact) mass is 330 g/mol. The highest BCUT2D eigenvalue weighted by Gasteiger charge is 2.34. The SMILES string of the molecule is O=C1c2ccccc2C(=O)N1CCCCN1CCCC1CCCO. The van der Waals surface area contributed by atoms with Crippen LogP contribution >= 0.6 is 0 Å². The van der Waals surface area contributed by atoms with Crippen molar-refractivity contribution in [3.8, 4) is 0 Å². The van der Waals surface area contributed by atoms with E-state index in [0.717, 1.165) is 38.8 Å². The van der Waals surface area contributed by atoms with Crippen molar-refractivity contribution in [2.24, 2.45) is 0 Å². The van der Waals surface area contributed by atoms with Gasteiger partial charge in [-0.3, -0.25) is 14.5 Å². The minimum Gasteiger partial charge on any atom is -0.396 e. The lowest BCUT2D eigenvalue weighted by Crippen LogP contribution is -2.33. The van der Waals surface area contributed by atoms with Crippen molar-refractivity contribution >= 4 is 11.8 Å². The number of likely N-dealkylation sites (tertiary alicyclic amines) is 1. The Bertz CT molecular complexity index is 567. The zero-order chi connectivity index (χ0) is 16.9. The van der Waals surface area contributed by atoms with Gasteiger partial charge in [-0.25, -0.2) is 0 Å². The third kappa shape index (κ3) is 3.52. The molecule has 1 N–H and O–H groups in total. The summed E-state index contributed by atoms with van der Waals surface area (Å²) in [6, 6.07) is 7.65. The van der Waals surface area contributed by atoms with Gasteiger partial charge in [0.05, 0.1) is 11.1 Å². The summed E-state index contributed by atoms with van der Waals surface area (Å²) < 4.78 is 0. The van der Waals surface area contributed by atoms with Gasteiger partial charge in [0.25, 0.3) is 11.8 Å². The van der Waals surface area contributed by atoms with Gasteiger partial charge < -0.3 is 10.0 Å². The Hall–Kier alpha value is -1.72. The molecule has 0 aliphatic carbocycles. The molecule has 0 radical (unpaired) electrons. The predicted molar refractivity (Wildman–Crippen MR) is 92.0 cm³/mol. The molecule has 2 aliphatic rings. The first-order valence-corrected chi connectivity index (χ1v) is 9.02. The fraction of sp³-hybridized carbons (Fsp3) is 0.579. The van der Waals surface area contributed by atoms with Crippen molar-refractivity contribution in [3.05, 3.63) is 35.4 Å². The van der Waals surface area contributed by atoms with Crippen molar-refractivity contribution in [2.45, 2.75) is 44.6 Å². The first-order valence-electron chi connectivity index (χ1n) is 9.02. The van der Waals surface area contributed by atoms with E-state index in [0.29, 0.717) is 23.7 Å². The summed E-state index contributed by atoms with van der Waals surface area (Å²) in [6.07, 6.45) is 6.22. The number of aliphatic hydroxyl groups excluding tert-OH is 1. The van der Waals surface area contributed by atoms with Gasteiger partial charge in [0.15, 0.2) is 0 Å². The summed E-state index contributed by atoms with van der Waals surface area (Å²) in [5.74, 6) is -0.310. The number of aliphatic hydroxyl groups is 1. The van der Waals surface area contributed by atoms with Crippen LogP contribution in [0.25, 0.3) is 0 Å². The molecule has 2 aliphatic heterocycles. The molecular formula is C19H26N2O3. The van der Waals surface area contributed by atoms with E-state index in [1.54, 1.807) is 24.3 Å². The Morgan fingerprint density at radius 2 is 1.67 bits per heavy atom. The molecule has 5 nitrogen and oxygen atoms in total. The third-order valence-electron chi connectivity index (χ3n) is 5.15. The molecule has 1 saturated heterocycles. The van der Waals surface area contributed by atoms with Gasteiger partial charge in [-0.2, -0.15) is 0 Å². The normalized spacial score (nSPS) is 20.9. The molecular weight excluding hydrogens is 304 g/mol. The number of fused-ring (bicyclic) bond motifs is 1. The van der Waals surface area contributed by atoms with E-state index >= 15 is 0 Å². The second kappa shape index (κ2) is 7.90. The van der Waals surface area contributed by atoms with Gasteiger partial charge in [-0.05, 0) is 63.7 Å². The van der Waals surface area contributed by atoms with Gasteiger partial charge >= 0.3 is 0 Å². The van der Waals surface area contributed by atoms with Crippen LogP contribution in [-0.2, 0) is 0 Å². The van der Waals surface area contributed by atoms with Crippen LogP contribution in [-0.4, -0.2) is 59.0 Å². The third-order valence-corrected chi connectivity index (χ3v) is 5.15. The Balaban J connectivity index is 1.44. The zero-order valence-electron chi connectivity index (χ0n) is 14.1. The highest BCUT2D eigenvalue weighted by Crippen LogP contribution is 2.24. The van der Waals surface area contributed by atoms with Crippen LogP contribution in [0.4, 0.5) is 0 Å². The van der Waals surface area contributed by atoms with Crippen molar-refractivity contribution in [1.29, 1.82) is 0 Å². The maximum absolute atomic E-state index is 12.3. The van der Waals surface area contributed by atoms with Crippen molar-refractivity contribution in [2.75, 3.05) is 26.2 Å². The maximum atomic E-state index is 12.3. The van der Waals surface area contributed by atoms with Crippen molar-refractivity contribution < 1.29 is 14.7 Å². The van der Waals surface area contributed by atoms with Crippen molar-refractivity contribution in [1.82, 2.24) is 9.80 Å². The van der Waals surface area contributed by atoms with E-state index in [2.05, 4.69) is 4.90 Å². The molecule has 1 fully saturated rings. The number of carbonyl (C=O) groups excluding carboxylic acids is 2. The molecule has 0 aromatic heterocycles. The number of carbonyl (C=O) groups is 2. The number of benzene rings is 1. The number of imide groups is 1. The van der Waals surface area contributed by atoms with Crippen LogP contribution in [0.5, 0.6) is 0 Å². The summed E-state index contributed by atoms with van der Waals surface area (Å²) >= 11 is 0. The summed E-state index contributed by atoms with van der Waals surface area (Å²) in [5, 5.41) is 8.98. The van der Waals surface area contributed by atoms with Gasteiger partial charge in [0, 0.05) is 19.2 Å². The number of unbranched alkanes of at least 4 members (excludes halogenated alkanes) is 1. The van der Waals surface area contributed by atoms with E-state index in [9.17, 15) is 9.59 Å². The Morgan fingerprint density at radius 1 is 1.00 bits per heavy atom. The highest BCUT2D eigenvalue weighted by atomic mass is 16.3. The fourth-order valence-electron chi connectivity index (χ4n) is 3.87. The minimum absolute atomic E-state index is 0.155. The number of hydrogen-bond acceptors (Lipinski definition) is 4. The molecule has 1 atom stereocenters. The Labute approximate surface area is 143 Å². The Morgan fingerprint density at radius 3 is 2.33 bits per heavy atom. The van der Waals surface area contributed by atoms with Gasteiger partial charge in [0.1, 0.15) is 0 Å². The van der Waals surface area contributed by atoms with E-state index in [1.165, 1.54) is 17.7 Å². The van der Waals surface area contributed by atoms with Gasteiger partial charge in [0.2, 0.25) is 0 Å². The molecule has 3 rings (SSSR count). The molecule has 1 unspecified atom stereocenters. The first kappa shape index (κ1) is 17.1. The van der Waals surface area contributed by atoms with E-state index in [-0.39, 0.29) is 18.4 Å². The second-order valence-electron chi connectivity index (χ2n) is 6.71. The number of nitrogens with zero attached hydrogens (tertiary/aromatic N) is 2. The lowest BCUT2D eigenvalue weighted by atomic mass is 10.1. The van der Waals surface area contributed by atoms with Crippen LogP contribution < -0.4 is 0 Å². The smallest absolute Gasteiger partial charge is 0.261 e. The summed E-state index contributed by atoms with van der Waals surface area (Å²) in [6.45, 7) is 2.91. The number of amides is 2. The highest BCUT2D eigenvalue weighted by molar-refractivity contribution is 6.21. The van der Waals surface area contributed by atoms with E-state index in [4.69, 9.17) is 5.11 Å². The van der Waals surface area contributed by atoms with Gasteiger partial charge in [-0.15, -0.1) is 0 Å². The van der Waals surface area contributed by atoms with Crippen LogP contribution in [0.3, 0.4) is 0 Å². The molecule has 1 aromatic carbocycles. The minimum atomic E-state index is -0.155. The fourth-order valence-corrected chi connectivity index (χ4v) is 3.87. The molecule has 5 heteroatoms. The maximum Gasteiger partial charge on any atom is 0.261 e. The number of rotatable bonds is 8. The average Bonchev–Trinajstić information content (AvgIpc) is 3.14. The topological polar surface area (TPSA) is 60.9 Å². The largest absolute Gasteiger partial charge is 0.396 e. The predicted octanol–water partition coefficient (Wildman–Crippen LogP) is 2.30. The average molecular weight is 330 g/mol.